The van der Waals surface area contributed by atoms with Crippen LogP contribution in [0.4, 0.5) is 0 Å². The number of hydrogen-bond donors (Lipinski definition) is 1. The molecule has 1 aliphatic rings. The van der Waals surface area contributed by atoms with E-state index in [1.807, 2.05) is 24.3 Å². The normalized spacial score (nSPS) is 20.1. The number of ketones is 1. The van der Waals surface area contributed by atoms with Crippen LogP contribution in [-0.4, -0.2) is 18.4 Å². The van der Waals surface area contributed by atoms with Crippen molar-refractivity contribution >= 4 is 22.8 Å². The summed E-state index contributed by atoms with van der Waals surface area (Å²) in [6, 6.07) is 7.06. The number of halogens is 1. The highest BCUT2D eigenvalue weighted by Crippen LogP contribution is 2.21. The number of nitrogens with two attached hydrogens (primary N) is 1. The lowest BCUT2D eigenvalue weighted by Gasteiger charge is -2.06. The van der Waals surface area contributed by atoms with E-state index in [1.165, 1.54) is 0 Å². The fraction of sp³-hybridized carbons (Fsp3) is 0.300. The van der Waals surface area contributed by atoms with Crippen molar-refractivity contribution < 1.29 is 9.53 Å². The van der Waals surface area contributed by atoms with Gasteiger partial charge >= 0.3 is 0 Å². The molecule has 0 aromatic heterocycles. The molecule has 4 heteroatoms. The fourth-order valence-electron chi connectivity index (χ4n) is 1.38. The van der Waals surface area contributed by atoms with E-state index in [1.54, 1.807) is 0 Å². The van der Waals surface area contributed by atoms with Gasteiger partial charge in [0.05, 0.1) is 6.04 Å². The van der Waals surface area contributed by atoms with Crippen LogP contribution in [0.25, 0.3) is 0 Å². The van der Waals surface area contributed by atoms with Crippen molar-refractivity contribution in [1.82, 2.24) is 0 Å². The second-order valence-corrected chi connectivity index (χ2v) is 3.17. The molecule has 14 heavy (non-hydrogen) atoms. The first-order valence-corrected chi connectivity index (χ1v) is 4.26. The number of Topliss-reactive ketones (excluding diaryl/α,β-unsaturated/α-hetero) is 1. The van der Waals surface area contributed by atoms with E-state index in [0.29, 0.717) is 6.42 Å². The molecule has 1 unspecified atom stereocenters. The summed E-state index contributed by atoms with van der Waals surface area (Å²) in [4.78, 5) is 11.4. The van der Waals surface area contributed by atoms with Crippen LogP contribution in [0.3, 0.4) is 0 Å². The number of hydrogen-bond acceptors (Lipinski definition) is 3. The lowest BCUT2D eigenvalue weighted by Crippen LogP contribution is -2.35. The first-order chi connectivity index (χ1) is 6.27. The van der Waals surface area contributed by atoms with Crippen molar-refractivity contribution in [2.75, 3.05) is 6.61 Å². The Morgan fingerprint density at radius 2 is 2.07 bits per heavy atom. The topological polar surface area (TPSA) is 52.3 Å². The van der Waals surface area contributed by atoms with Gasteiger partial charge in [-0.25, -0.2) is 0 Å². The highest BCUT2D eigenvalue weighted by atomic mass is 79.9. The summed E-state index contributed by atoms with van der Waals surface area (Å²) in [6.07, 6.45) is 0.386. The minimum Gasteiger partial charge on any atom is -0.491 e. The molecule has 1 aromatic rings. The molecule has 0 aliphatic carbocycles. The van der Waals surface area contributed by atoms with Gasteiger partial charge < -0.3 is 10.5 Å². The summed E-state index contributed by atoms with van der Waals surface area (Å²) in [5, 5.41) is 0. The molecule has 2 rings (SSSR count). The van der Waals surface area contributed by atoms with Crippen LogP contribution in [0, 0.1) is 0 Å². The Morgan fingerprint density at radius 3 is 2.86 bits per heavy atom. The number of benzene rings is 1. The molecular formula is C10H12BrNO2. The van der Waals surface area contributed by atoms with E-state index < -0.39 is 6.04 Å². The molecule has 1 heterocycles. The molecule has 0 amide bonds. The van der Waals surface area contributed by atoms with Crippen LogP contribution in [0.2, 0.25) is 0 Å². The zero-order valence-electron chi connectivity index (χ0n) is 7.60. The van der Waals surface area contributed by atoms with E-state index in [4.69, 9.17) is 10.5 Å². The van der Waals surface area contributed by atoms with Gasteiger partial charge in [-0.1, -0.05) is 18.2 Å². The van der Waals surface area contributed by atoms with Crippen LogP contribution in [0.15, 0.2) is 24.3 Å². The number of fused-ring (bicyclic) bond motifs is 1. The van der Waals surface area contributed by atoms with Gasteiger partial charge in [0.15, 0.2) is 5.78 Å². The summed E-state index contributed by atoms with van der Waals surface area (Å²) in [6.45, 7) is 0.288. The second-order valence-electron chi connectivity index (χ2n) is 3.17. The summed E-state index contributed by atoms with van der Waals surface area (Å²) >= 11 is 0. The molecule has 0 fully saturated rings. The van der Waals surface area contributed by atoms with Crippen LogP contribution in [-0.2, 0) is 11.2 Å². The molecule has 1 aliphatic heterocycles. The zero-order chi connectivity index (χ0) is 9.26. The molecule has 1 aromatic carbocycles. The van der Waals surface area contributed by atoms with Gasteiger partial charge in [-0.3, -0.25) is 4.79 Å². The monoisotopic (exact) mass is 257 g/mol. The molecule has 0 saturated heterocycles. The van der Waals surface area contributed by atoms with Crippen molar-refractivity contribution in [2.24, 2.45) is 5.73 Å². The molecule has 1 atom stereocenters. The maximum absolute atomic E-state index is 11.4. The molecular weight excluding hydrogens is 246 g/mol. The molecule has 0 saturated carbocycles. The first kappa shape index (κ1) is 11.2. The number of ether oxygens (including phenoxy) is 1. The largest absolute Gasteiger partial charge is 0.491 e. The second kappa shape index (κ2) is 4.57. The molecule has 0 radical (unpaired) electrons. The molecule has 0 bridgehead atoms. The van der Waals surface area contributed by atoms with E-state index >= 15 is 0 Å². The van der Waals surface area contributed by atoms with E-state index in [0.717, 1.165) is 11.3 Å². The predicted octanol–water partition coefficient (Wildman–Crippen LogP) is 1.10. The van der Waals surface area contributed by atoms with Gasteiger partial charge in [-0.2, -0.15) is 0 Å². The number of carbonyl (C=O) groups excluding carboxylic acids is 1. The van der Waals surface area contributed by atoms with Gasteiger partial charge in [0.25, 0.3) is 0 Å². The average Bonchev–Trinajstić information content (AvgIpc) is 2.28. The highest BCUT2D eigenvalue weighted by Gasteiger charge is 2.20. The average molecular weight is 258 g/mol. The van der Waals surface area contributed by atoms with E-state index in [2.05, 4.69) is 0 Å². The molecule has 0 spiro atoms. The lowest BCUT2D eigenvalue weighted by atomic mass is 10.1. The third-order valence-corrected chi connectivity index (χ3v) is 2.17. The fourth-order valence-corrected chi connectivity index (χ4v) is 1.38. The highest BCUT2D eigenvalue weighted by molar-refractivity contribution is 8.93. The predicted molar refractivity (Wildman–Crippen MR) is 58.9 cm³/mol. The SMILES string of the molecule is Br.NC1COc2ccccc2CC1=O. The Labute approximate surface area is 93.0 Å². The Bertz CT molecular complexity index is 341. The third kappa shape index (κ3) is 2.13. The summed E-state index contributed by atoms with van der Waals surface area (Å²) in [5.41, 5.74) is 6.51. The smallest absolute Gasteiger partial charge is 0.157 e. The minimum absolute atomic E-state index is 0. The Morgan fingerprint density at radius 1 is 1.36 bits per heavy atom. The quantitative estimate of drug-likeness (QED) is 0.758. The van der Waals surface area contributed by atoms with Crippen molar-refractivity contribution in [1.29, 1.82) is 0 Å². The first-order valence-electron chi connectivity index (χ1n) is 4.26. The third-order valence-electron chi connectivity index (χ3n) is 2.17. The zero-order valence-corrected chi connectivity index (χ0v) is 9.32. The molecule has 3 nitrogen and oxygen atoms in total. The standard InChI is InChI=1S/C10H11NO2.BrH/c11-8-6-13-10-4-2-1-3-7(10)5-9(8)12;/h1-4,8H,5-6,11H2;1H. The van der Waals surface area contributed by atoms with Crippen molar-refractivity contribution in [3.63, 3.8) is 0 Å². The number of para-hydroxylation sites is 1. The number of carbonyl (C=O) groups is 1. The lowest BCUT2D eigenvalue weighted by molar-refractivity contribution is -0.119. The van der Waals surface area contributed by atoms with Gasteiger partial charge in [0.1, 0.15) is 12.4 Å². The maximum atomic E-state index is 11.4. The Kier molecular flexibility index (Phi) is 3.66. The van der Waals surface area contributed by atoms with E-state index in [-0.39, 0.29) is 29.4 Å². The Hall–Kier alpha value is -0.870. The van der Waals surface area contributed by atoms with Crippen molar-refractivity contribution in [3.8, 4) is 5.75 Å². The van der Waals surface area contributed by atoms with Crippen molar-refractivity contribution in [2.45, 2.75) is 12.5 Å². The van der Waals surface area contributed by atoms with Crippen LogP contribution in [0.1, 0.15) is 5.56 Å². The summed E-state index contributed by atoms with van der Waals surface area (Å²) in [5.74, 6) is 0.828. The summed E-state index contributed by atoms with van der Waals surface area (Å²) < 4.78 is 5.39. The van der Waals surface area contributed by atoms with Crippen LogP contribution >= 0.6 is 17.0 Å². The minimum atomic E-state index is -0.479. The van der Waals surface area contributed by atoms with Gasteiger partial charge in [-0.05, 0) is 6.07 Å². The summed E-state index contributed by atoms with van der Waals surface area (Å²) in [7, 11) is 0. The molecule has 2 N–H and O–H groups in total. The Balaban J connectivity index is 0.000000980. The van der Waals surface area contributed by atoms with Gasteiger partial charge in [-0.15, -0.1) is 17.0 Å². The molecule has 76 valence electrons. The number of rotatable bonds is 0. The van der Waals surface area contributed by atoms with Gasteiger partial charge in [0, 0.05) is 12.0 Å². The van der Waals surface area contributed by atoms with Crippen LogP contribution in [0.5, 0.6) is 5.75 Å². The van der Waals surface area contributed by atoms with E-state index in [9.17, 15) is 4.79 Å². The van der Waals surface area contributed by atoms with Crippen LogP contribution < -0.4 is 10.5 Å². The van der Waals surface area contributed by atoms with Crippen molar-refractivity contribution in [3.05, 3.63) is 29.8 Å². The maximum Gasteiger partial charge on any atom is 0.157 e. The van der Waals surface area contributed by atoms with Gasteiger partial charge in [0.2, 0.25) is 0 Å².